The zero-order valence-electron chi connectivity index (χ0n) is 11.2. The van der Waals surface area contributed by atoms with Crippen LogP contribution in [0, 0.1) is 6.92 Å². The van der Waals surface area contributed by atoms with Crippen molar-refractivity contribution >= 4 is 17.5 Å². The maximum Gasteiger partial charge on any atom is 0.219 e. The molecular weight excluding hydrogens is 250 g/mol. The van der Waals surface area contributed by atoms with Crippen molar-refractivity contribution in [2.45, 2.75) is 33.1 Å². The Bertz CT molecular complexity index is 419. The molecule has 0 aliphatic carbocycles. The van der Waals surface area contributed by atoms with E-state index in [1.807, 2.05) is 26.0 Å². The van der Waals surface area contributed by atoms with Gasteiger partial charge in [-0.3, -0.25) is 4.79 Å². The highest BCUT2D eigenvalue weighted by Gasteiger charge is 2.08. The lowest BCUT2D eigenvalue weighted by atomic mass is 10.1. The predicted molar refractivity (Wildman–Crippen MR) is 74.4 cm³/mol. The summed E-state index contributed by atoms with van der Waals surface area (Å²) in [6, 6.07) is 3.76. The maximum absolute atomic E-state index is 11.4. The summed E-state index contributed by atoms with van der Waals surface area (Å²) in [5, 5.41) is 3.58. The number of aryl methyl sites for hydroxylation is 1. The molecule has 0 aliphatic heterocycles. The third-order valence-corrected chi connectivity index (χ3v) is 2.93. The van der Waals surface area contributed by atoms with Crippen LogP contribution in [0.3, 0.4) is 0 Å². The van der Waals surface area contributed by atoms with Crippen molar-refractivity contribution in [1.82, 2.24) is 5.32 Å². The summed E-state index contributed by atoms with van der Waals surface area (Å²) in [6.45, 7) is 4.56. The van der Waals surface area contributed by atoms with Gasteiger partial charge in [-0.2, -0.15) is 0 Å². The van der Waals surface area contributed by atoms with E-state index in [4.69, 9.17) is 16.3 Å². The molecule has 0 atom stereocenters. The number of halogens is 1. The molecule has 0 aliphatic rings. The summed E-state index contributed by atoms with van der Waals surface area (Å²) < 4.78 is 5.36. The molecule has 1 amide bonds. The van der Waals surface area contributed by atoms with Crippen LogP contribution >= 0.6 is 11.6 Å². The number of hydrogen-bond acceptors (Lipinski definition) is 2. The van der Waals surface area contributed by atoms with Gasteiger partial charge in [-0.05, 0) is 43.0 Å². The first kappa shape index (κ1) is 14.8. The van der Waals surface area contributed by atoms with Gasteiger partial charge in [-0.15, -0.1) is 0 Å². The van der Waals surface area contributed by atoms with Crippen molar-refractivity contribution in [2.75, 3.05) is 13.7 Å². The van der Waals surface area contributed by atoms with E-state index >= 15 is 0 Å². The van der Waals surface area contributed by atoms with E-state index in [9.17, 15) is 4.79 Å². The molecule has 1 aromatic rings. The van der Waals surface area contributed by atoms with Gasteiger partial charge in [0.25, 0.3) is 0 Å². The van der Waals surface area contributed by atoms with E-state index in [-0.39, 0.29) is 5.91 Å². The van der Waals surface area contributed by atoms with Gasteiger partial charge in [0.15, 0.2) is 0 Å². The molecular formula is C14H20ClNO2. The van der Waals surface area contributed by atoms with Crippen LogP contribution in [-0.2, 0) is 11.2 Å². The Hall–Kier alpha value is -1.22. The van der Waals surface area contributed by atoms with Crippen LogP contribution in [0.4, 0.5) is 0 Å². The minimum atomic E-state index is 0.0928. The summed E-state index contributed by atoms with van der Waals surface area (Å²) in [4.78, 5) is 11.4. The van der Waals surface area contributed by atoms with Crippen molar-refractivity contribution in [3.63, 3.8) is 0 Å². The fraction of sp³-hybridized carbons (Fsp3) is 0.500. The number of carbonyl (C=O) groups is 1. The monoisotopic (exact) mass is 269 g/mol. The lowest BCUT2D eigenvalue weighted by Crippen LogP contribution is -2.25. The fourth-order valence-electron chi connectivity index (χ4n) is 1.93. The maximum atomic E-state index is 11.4. The van der Waals surface area contributed by atoms with Gasteiger partial charge in [-0.25, -0.2) is 0 Å². The number of carbonyl (C=O) groups excluding carboxylic acids is 1. The van der Waals surface area contributed by atoms with Crippen LogP contribution in [0.15, 0.2) is 12.1 Å². The number of nitrogens with one attached hydrogen (secondary N) is 1. The van der Waals surface area contributed by atoms with E-state index in [2.05, 4.69) is 5.32 Å². The molecule has 0 aromatic heterocycles. The van der Waals surface area contributed by atoms with E-state index in [1.165, 1.54) is 0 Å². The van der Waals surface area contributed by atoms with Crippen LogP contribution in [0.1, 0.15) is 30.9 Å². The van der Waals surface area contributed by atoms with Crippen LogP contribution in [0.25, 0.3) is 0 Å². The number of amides is 1. The molecule has 18 heavy (non-hydrogen) atoms. The Morgan fingerprint density at radius 1 is 1.44 bits per heavy atom. The van der Waals surface area contributed by atoms with Crippen molar-refractivity contribution in [1.29, 1.82) is 0 Å². The summed E-state index contributed by atoms with van der Waals surface area (Å²) >= 11 is 6.03. The highest BCUT2D eigenvalue weighted by molar-refractivity contribution is 6.30. The predicted octanol–water partition coefficient (Wildman–Crippen LogP) is 3.12. The second-order valence-corrected chi connectivity index (χ2v) is 4.70. The molecule has 1 aromatic carbocycles. The zero-order valence-corrected chi connectivity index (χ0v) is 11.9. The lowest BCUT2D eigenvalue weighted by molar-refractivity contribution is -0.121. The van der Waals surface area contributed by atoms with E-state index in [1.54, 1.807) is 7.11 Å². The minimum absolute atomic E-state index is 0.0928. The van der Waals surface area contributed by atoms with E-state index < -0.39 is 0 Å². The van der Waals surface area contributed by atoms with Crippen molar-refractivity contribution in [3.8, 4) is 5.75 Å². The van der Waals surface area contributed by atoms with Gasteiger partial charge in [-0.1, -0.05) is 18.5 Å². The number of hydrogen-bond donors (Lipinski definition) is 1. The summed E-state index contributed by atoms with van der Waals surface area (Å²) in [5.41, 5.74) is 2.04. The second kappa shape index (κ2) is 7.27. The Kier molecular flexibility index (Phi) is 5.99. The van der Waals surface area contributed by atoms with Crippen molar-refractivity contribution < 1.29 is 9.53 Å². The SMILES string of the molecule is CCCC(=O)NCCc1cc(Cl)cc(C)c1OC. The Morgan fingerprint density at radius 3 is 2.78 bits per heavy atom. The molecule has 0 saturated heterocycles. The quantitative estimate of drug-likeness (QED) is 0.862. The first-order valence-electron chi connectivity index (χ1n) is 6.18. The average Bonchev–Trinajstić information content (AvgIpc) is 2.28. The molecule has 0 saturated carbocycles. The molecule has 1 N–H and O–H groups in total. The standard InChI is InChI=1S/C14H20ClNO2/c1-4-5-13(17)16-7-6-11-9-12(15)8-10(2)14(11)18-3/h8-9H,4-7H2,1-3H3,(H,16,17). The molecule has 0 fully saturated rings. The molecule has 100 valence electrons. The van der Waals surface area contributed by atoms with Crippen molar-refractivity contribution in [2.24, 2.45) is 0 Å². The zero-order chi connectivity index (χ0) is 13.5. The number of methoxy groups -OCH3 is 1. The molecule has 0 radical (unpaired) electrons. The van der Waals surface area contributed by atoms with Gasteiger partial charge in [0.05, 0.1) is 7.11 Å². The van der Waals surface area contributed by atoms with Gasteiger partial charge in [0.1, 0.15) is 5.75 Å². The number of rotatable bonds is 6. The van der Waals surface area contributed by atoms with Gasteiger partial charge in [0.2, 0.25) is 5.91 Å². The summed E-state index contributed by atoms with van der Waals surface area (Å²) in [7, 11) is 1.65. The van der Waals surface area contributed by atoms with Crippen LogP contribution in [0.5, 0.6) is 5.75 Å². The second-order valence-electron chi connectivity index (χ2n) is 4.27. The normalized spacial score (nSPS) is 10.2. The average molecular weight is 270 g/mol. The topological polar surface area (TPSA) is 38.3 Å². The Morgan fingerprint density at radius 2 is 2.17 bits per heavy atom. The third-order valence-electron chi connectivity index (χ3n) is 2.71. The van der Waals surface area contributed by atoms with Gasteiger partial charge < -0.3 is 10.1 Å². The Labute approximate surface area is 113 Å². The highest BCUT2D eigenvalue weighted by Crippen LogP contribution is 2.27. The molecule has 0 unspecified atom stereocenters. The molecule has 4 heteroatoms. The summed E-state index contributed by atoms with van der Waals surface area (Å²) in [6.07, 6.45) is 2.16. The smallest absolute Gasteiger partial charge is 0.219 e. The largest absolute Gasteiger partial charge is 0.496 e. The molecule has 1 rings (SSSR count). The van der Waals surface area contributed by atoms with E-state index in [0.29, 0.717) is 18.0 Å². The molecule has 0 spiro atoms. The number of ether oxygens (including phenoxy) is 1. The lowest BCUT2D eigenvalue weighted by Gasteiger charge is -2.12. The van der Waals surface area contributed by atoms with Crippen LogP contribution in [-0.4, -0.2) is 19.6 Å². The van der Waals surface area contributed by atoms with Crippen molar-refractivity contribution in [3.05, 3.63) is 28.3 Å². The van der Waals surface area contributed by atoms with Crippen LogP contribution < -0.4 is 10.1 Å². The molecule has 0 bridgehead atoms. The molecule has 3 nitrogen and oxygen atoms in total. The summed E-state index contributed by atoms with van der Waals surface area (Å²) in [5.74, 6) is 0.944. The fourth-order valence-corrected chi connectivity index (χ4v) is 2.22. The van der Waals surface area contributed by atoms with E-state index in [0.717, 1.165) is 29.7 Å². The minimum Gasteiger partial charge on any atom is -0.496 e. The van der Waals surface area contributed by atoms with Crippen LogP contribution in [0.2, 0.25) is 5.02 Å². The Balaban J connectivity index is 2.64. The highest BCUT2D eigenvalue weighted by atomic mass is 35.5. The number of benzene rings is 1. The van der Waals surface area contributed by atoms with Gasteiger partial charge >= 0.3 is 0 Å². The molecule has 0 heterocycles. The first-order chi connectivity index (χ1) is 8.58. The first-order valence-corrected chi connectivity index (χ1v) is 6.56. The third kappa shape index (κ3) is 4.22. The van der Waals surface area contributed by atoms with Gasteiger partial charge in [0, 0.05) is 18.0 Å².